The molecule has 0 saturated carbocycles. The van der Waals surface area contributed by atoms with E-state index in [0.29, 0.717) is 17.3 Å². The van der Waals surface area contributed by atoms with Crippen LogP contribution in [-0.4, -0.2) is 20.5 Å². The smallest absolute Gasteiger partial charge is 0.187 e. The van der Waals surface area contributed by atoms with Crippen LogP contribution in [0.1, 0.15) is 28.8 Å². The predicted molar refractivity (Wildman–Crippen MR) is 77.6 cm³/mol. The highest BCUT2D eigenvalue weighted by atomic mass is 79.9. The quantitative estimate of drug-likeness (QED) is 0.800. The fourth-order valence-electron chi connectivity index (χ4n) is 1.82. The number of ketones is 1. The highest BCUT2D eigenvalue weighted by molar-refractivity contribution is 9.10. The van der Waals surface area contributed by atoms with Crippen LogP contribution in [0.3, 0.4) is 0 Å². The van der Waals surface area contributed by atoms with Gasteiger partial charge in [-0.3, -0.25) is 14.5 Å². The van der Waals surface area contributed by atoms with Gasteiger partial charge in [0, 0.05) is 17.2 Å². The first-order valence-electron chi connectivity index (χ1n) is 5.89. The van der Waals surface area contributed by atoms with Crippen molar-refractivity contribution >= 4 is 33.3 Å². The molecule has 0 amide bonds. The first-order valence-corrected chi connectivity index (χ1v) is 7.06. The van der Waals surface area contributed by atoms with Crippen molar-refractivity contribution in [1.29, 1.82) is 0 Å². The highest BCUT2D eigenvalue weighted by Crippen LogP contribution is 2.22. The zero-order valence-corrected chi connectivity index (χ0v) is 13.0. The molecule has 0 aliphatic heterocycles. The molecule has 0 saturated heterocycles. The lowest BCUT2D eigenvalue weighted by molar-refractivity contribution is 0.0986. The molecule has 2 aromatic heterocycles. The zero-order valence-electron chi connectivity index (χ0n) is 10.7. The summed E-state index contributed by atoms with van der Waals surface area (Å²) in [5.41, 5.74) is 1.92. The van der Waals surface area contributed by atoms with Crippen molar-refractivity contribution in [3.63, 3.8) is 0 Å². The van der Waals surface area contributed by atoms with E-state index in [1.165, 1.54) is 0 Å². The minimum absolute atomic E-state index is 0.0657. The van der Waals surface area contributed by atoms with E-state index in [9.17, 15) is 4.79 Å². The number of Topliss-reactive ketones (excluding diaryl/α,β-unsaturated/α-hetero) is 1. The maximum absolute atomic E-state index is 12.2. The Kier molecular flexibility index (Phi) is 4.37. The van der Waals surface area contributed by atoms with E-state index in [-0.39, 0.29) is 12.2 Å². The molecule has 0 unspecified atom stereocenters. The molecule has 0 fully saturated rings. The van der Waals surface area contributed by atoms with E-state index < -0.39 is 0 Å². The third kappa shape index (κ3) is 3.04. The molecule has 0 radical (unpaired) electrons. The van der Waals surface area contributed by atoms with Gasteiger partial charge in [0.15, 0.2) is 5.78 Å². The molecule has 0 aromatic carbocycles. The van der Waals surface area contributed by atoms with Gasteiger partial charge in [-0.1, -0.05) is 11.6 Å². The number of carbonyl (C=O) groups excluding carboxylic acids is 1. The fourth-order valence-corrected chi connectivity index (χ4v) is 2.26. The van der Waals surface area contributed by atoms with Crippen LogP contribution >= 0.6 is 27.5 Å². The Morgan fingerprint density at radius 1 is 1.47 bits per heavy atom. The summed E-state index contributed by atoms with van der Waals surface area (Å²) in [6, 6.07) is 3.49. The molecular formula is C13H13BrClN3O. The lowest BCUT2D eigenvalue weighted by Gasteiger charge is -2.04. The van der Waals surface area contributed by atoms with E-state index in [1.807, 2.05) is 13.8 Å². The molecule has 0 atom stereocenters. The van der Waals surface area contributed by atoms with E-state index in [0.717, 1.165) is 15.9 Å². The monoisotopic (exact) mass is 341 g/mol. The van der Waals surface area contributed by atoms with Gasteiger partial charge in [0.2, 0.25) is 0 Å². The number of aromatic nitrogens is 3. The van der Waals surface area contributed by atoms with Crippen LogP contribution < -0.4 is 0 Å². The molecule has 0 spiro atoms. The van der Waals surface area contributed by atoms with Gasteiger partial charge in [-0.15, -0.1) is 0 Å². The standard InChI is InChI=1S/C13H13BrClN3O/c1-3-18-11(13(15)8(2)17-18)6-12(19)10-5-4-9(14)7-16-10/h4-5,7H,3,6H2,1-2H3. The van der Waals surface area contributed by atoms with Crippen molar-refractivity contribution in [1.82, 2.24) is 14.8 Å². The van der Waals surface area contributed by atoms with E-state index in [4.69, 9.17) is 11.6 Å². The maximum atomic E-state index is 12.2. The second kappa shape index (κ2) is 5.84. The molecule has 0 aliphatic carbocycles. The third-order valence-corrected chi connectivity index (χ3v) is 3.75. The molecule has 0 bridgehead atoms. The lowest BCUT2D eigenvalue weighted by Crippen LogP contribution is -2.11. The number of halogens is 2. The number of pyridine rings is 1. The van der Waals surface area contributed by atoms with Gasteiger partial charge in [0.05, 0.1) is 22.8 Å². The van der Waals surface area contributed by atoms with Crippen molar-refractivity contribution in [2.45, 2.75) is 26.8 Å². The summed E-state index contributed by atoms with van der Waals surface area (Å²) in [7, 11) is 0. The van der Waals surface area contributed by atoms with Crippen molar-refractivity contribution in [2.24, 2.45) is 0 Å². The van der Waals surface area contributed by atoms with Crippen LogP contribution in [-0.2, 0) is 13.0 Å². The van der Waals surface area contributed by atoms with Crippen LogP contribution in [0.15, 0.2) is 22.8 Å². The lowest BCUT2D eigenvalue weighted by atomic mass is 10.1. The summed E-state index contributed by atoms with van der Waals surface area (Å²) in [4.78, 5) is 16.3. The molecule has 2 heterocycles. The fraction of sp³-hybridized carbons (Fsp3) is 0.308. The van der Waals surface area contributed by atoms with Crippen molar-refractivity contribution in [3.05, 3.63) is 44.9 Å². The average molecular weight is 343 g/mol. The summed E-state index contributed by atoms with van der Waals surface area (Å²) in [5, 5.41) is 4.86. The average Bonchev–Trinajstić information content (AvgIpc) is 2.67. The van der Waals surface area contributed by atoms with E-state index in [1.54, 1.807) is 23.0 Å². The Hall–Kier alpha value is -1.20. The summed E-state index contributed by atoms with van der Waals surface area (Å²) in [5.74, 6) is -0.0657. The maximum Gasteiger partial charge on any atom is 0.187 e. The van der Waals surface area contributed by atoms with Gasteiger partial charge in [0.1, 0.15) is 5.69 Å². The van der Waals surface area contributed by atoms with Crippen LogP contribution in [0.4, 0.5) is 0 Å². The molecule has 0 aliphatic rings. The second-order valence-corrected chi connectivity index (χ2v) is 5.42. The van der Waals surface area contributed by atoms with E-state index >= 15 is 0 Å². The Bertz CT molecular complexity index is 607. The van der Waals surface area contributed by atoms with Crippen molar-refractivity contribution < 1.29 is 4.79 Å². The first-order chi connectivity index (χ1) is 9.02. The zero-order chi connectivity index (χ0) is 14.0. The summed E-state index contributed by atoms with van der Waals surface area (Å²) in [6.45, 7) is 4.49. The molecule has 100 valence electrons. The van der Waals surface area contributed by atoms with Gasteiger partial charge in [-0.05, 0) is 41.9 Å². The van der Waals surface area contributed by atoms with Crippen LogP contribution in [0.2, 0.25) is 5.02 Å². The summed E-state index contributed by atoms with van der Waals surface area (Å²) < 4.78 is 2.60. The second-order valence-electron chi connectivity index (χ2n) is 4.12. The molecular weight excluding hydrogens is 330 g/mol. The summed E-state index contributed by atoms with van der Waals surface area (Å²) >= 11 is 9.48. The van der Waals surface area contributed by atoms with Crippen LogP contribution in [0, 0.1) is 6.92 Å². The molecule has 2 aromatic rings. The molecule has 0 N–H and O–H groups in total. The minimum Gasteiger partial charge on any atom is -0.292 e. The van der Waals surface area contributed by atoms with Gasteiger partial charge < -0.3 is 0 Å². The Labute approximate surface area is 124 Å². The van der Waals surface area contributed by atoms with E-state index in [2.05, 4.69) is 26.0 Å². The number of aryl methyl sites for hydroxylation is 2. The highest BCUT2D eigenvalue weighted by Gasteiger charge is 2.17. The minimum atomic E-state index is -0.0657. The van der Waals surface area contributed by atoms with Crippen molar-refractivity contribution in [3.8, 4) is 0 Å². The normalized spacial score (nSPS) is 10.7. The SMILES string of the molecule is CCn1nc(C)c(Cl)c1CC(=O)c1ccc(Br)cn1. The molecule has 19 heavy (non-hydrogen) atoms. The van der Waals surface area contributed by atoms with Crippen LogP contribution in [0.5, 0.6) is 0 Å². The van der Waals surface area contributed by atoms with Gasteiger partial charge >= 0.3 is 0 Å². The number of rotatable bonds is 4. The van der Waals surface area contributed by atoms with Gasteiger partial charge in [0.25, 0.3) is 0 Å². The Morgan fingerprint density at radius 3 is 2.79 bits per heavy atom. The Balaban J connectivity index is 2.26. The predicted octanol–water partition coefficient (Wildman–Crippen LogP) is 3.45. The number of hydrogen-bond donors (Lipinski definition) is 0. The first kappa shape index (κ1) is 14.2. The molecule has 2 rings (SSSR count). The topological polar surface area (TPSA) is 47.8 Å². The largest absolute Gasteiger partial charge is 0.292 e. The van der Waals surface area contributed by atoms with Gasteiger partial charge in [-0.2, -0.15) is 5.10 Å². The van der Waals surface area contributed by atoms with Crippen molar-refractivity contribution in [2.75, 3.05) is 0 Å². The number of carbonyl (C=O) groups is 1. The van der Waals surface area contributed by atoms with Gasteiger partial charge in [-0.25, -0.2) is 0 Å². The number of hydrogen-bond acceptors (Lipinski definition) is 3. The third-order valence-electron chi connectivity index (χ3n) is 2.79. The Morgan fingerprint density at radius 2 is 2.21 bits per heavy atom. The molecule has 6 heteroatoms. The summed E-state index contributed by atoms with van der Waals surface area (Å²) in [6.07, 6.45) is 1.82. The number of nitrogens with zero attached hydrogens (tertiary/aromatic N) is 3. The molecule has 4 nitrogen and oxygen atoms in total. The van der Waals surface area contributed by atoms with Crippen LogP contribution in [0.25, 0.3) is 0 Å².